The van der Waals surface area contributed by atoms with E-state index in [1.807, 2.05) is 0 Å². The van der Waals surface area contributed by atoms with Crippen LogP contribution >= 0.6 is 0 Å². The van der Waals surface area contributed by atoms with Crippen LogP contribution in [-0.2, 0) is 6.61 Å². The SMILES string of the molecule is COc1ccc(C(=O)c2c(O)c(O)n(-c3ccc(CO)cc3)c2-c2ccccc2OC)cc1. The van der Waals surface area contributed by atoms with Crippen LogP contribution in [0.4, 0.5) is 0 Å². The lowest BCUT2D eigenvalue weighted by atomic mass is 9.98. The quantitative estimate of drug-likeness (QED) is 0.367. The zero-order chi connectivity index (χ0) is 23.5. The van der Waals surface area contributed by atoms with Crippen molar-refractivity contribution < 1.29 is 29.6 Å². The van der Waals surface area contributed by atoms with Crippen molar-refractivity contribution in [1.29, 1.82) is 0 Å². The zero-order valence-corrected chi connectivity index (χ0v) is 18.1. The first-order chi connectivity index (χ1) is 16.0. The molecule has 0 spiro atoms. The van der Waals surface area contributed by atoms with Gasteiger partial charge in [-0.2, -0.15) is 0 Å². The predicted molar refractivity (Wildman–Crippen MR) is 123 cm³/mol. The second kappa shape index (κ2) is 9.10. The van der Waals surface area contributed by atoms with Gasteiger partial charge in [-0.15, -0.1) is 0 Å². The molecule has 0 bridgehead atoms. The third kappa shape index (κ3) is 3.90. The van der Waals surface area contributed by atoms with E-state index in [4.69, 9.17) is 9.47 Å². The number of carbonyl (C=O) groups is 1. The van der Waals surface area contributed by atoms with Crippen molar-refractivity contribution in [2.75, 3.05) is 14.2 Å². The molecule has 0 aliphatic rings. The molecule has 33 heavy (non-hydrogen) atoms. The van der Waals surface area contributed by atoms with E-state index in [0.717, 1.165) is 0 Å². The van der Waals surface area contributed by atoms with E-state index in [1.165, 1.54) is 18.8 Å². The number of ether oxygens (including phenoxy) is 2. The van der Waals surface area contributed by atoms with Gasteiger partial charge in [-0.05, 0) is 54.1 Å². The van der Waals surface area contributed by atoms with E-state index in [2.05, 4.69) is 0 Å². The molecule has 0 aliphatic carbocycles. The molecule has 4 aromatic rings. The summed E-state index contributed by atoms with van der Waals surface area (Å²) in [6, 6.07) is 20.3. The number of hydrogen-bond donors (Lipinski definition) is 3. The van der Waals surface area contributed by atoms with Crippen LogP contribution < -0.4 is 9.47 Å². The highest BCUT2D eigenvalue weighted by Gasteiger charge is 2.31. The number of aliphatic hydroxyl groups is 1. The van der Waals surface area contributed by atoms with Gasteiger partial charge in [0.05, 0.1) is 32.1 Å². The summed E-state index contributed by atoms with van der Waals surface area (Å²) >= 11 is 0. The van der Waals surface area contributed by atoms with Crippen LogP contribution in [0.2, 0.25) is 0 Å². The third-order valence-corrected chi connectivity index (χ3v) is 5.44. The topological polar surface area (TPSA) is 101 Å². The smallest absolute Gasteiger partial charge is 0.240 e. The molecule has 7 nitrogen and oxygen atoms in total. The molecule has 0 atom stereocenters. The molecular formula is C26H23NO6. The number of nitrogens with zero attached hydrogens (tertiary/aromatic N) is 1. The number of rotatable bonds is 7. The molecule has 4 rings (SSSR count). The van der Waals surface area contributed by atoms with E-state index in [1.54, 1.807) is 72.8 Å². The Hall–Kier alpha value is -4.23. The van der Waals surface area contributed by atoms with Crippen LogP contribution in [0.25, 0.3) is 16.9 Å². The Kier molecular flexibility index (Phi) is 6.06. The second-order valence-corrected chi connectivity index (χ2v) is 7.31. The first kappa shape index (κ1) is 22.0. The average Bonchev–Trinajstić information content (AvgIpc) is 3.13. The Bertz CT molecular complexity index is 1290. The average molecular weight is 445 g/mol. The predicted octanol–water partition coefficient (Wildman–Crippen LogP) is 4.30. The first-order valence-corrected chi connectivity index (χ1v) is 10.2. The molecule has 3 N–H and O–H groups in total. The summed E-state index contributed by atoms with van der Waals surface area (Å²) < 4.78 is 12.1. The van der Waals surface area contributed by atoms with E-state index in [9.17, 15) is 20.1 Å². The summed E-state index contributed by atoms with van der Waals surface area (Å²) in [6.45, 7) is -0.135. The fourth-order valence-electron chi connectivity index (χ4n) is 3.75. The normalized spacial score (nSPS) is 10.8. The number of methoxy groups -OCH3 is 2. The van der Waals surface area contributed by atoms with Gasteiger partial charge in [0.15, 0.2) is 11.5 Å². The van der Waals surface area contributed by atoms with E-state index < -0.39 is 17.4 Å². The first-order valence-electron chi connectivity index (χ1n) is 10.2. The van der Waals surface area contributed by atoms with Crippen LogP contribution in [0.15, 0.2) is 72.8 Å². The van der Waals surface area contributed by atoms with Crippen LogP contribution in [0.5, 0.6) is 23.1 Å². The highest BCUT2D eigenvalue weighted by atomic mass is 16.5. The number of para-hydroxylation sites is 1. The lowest BCUT2D eigenvalue weighted by molar-refractivity contribution is 0.103. The Morgan fingerprint density at radius 2 is 1.55 bits per heavy atom. The molecule has 1 aromatic heterocycles. The Balaban J connectivity index is 2.00. The molecule has 0 unspecified atom stereocenters. The van der Waals surface area contributed by atoms with E-state index in [-0.39, 0.29) is 17.9 Å². The van der Waals surface area contributed by atoms with Crippen molar-refractivity contribution in [2.24, 2.45) is 0 Å². The van der Waals surface area contributed by atoms with Gasteiger partial charge >= 0.3 is 0 Å². The van der Waals surface area contributed by atoms with Gasteiger partial charge in [-0.25, -0.2) is 0 Å². The summed E-state index contributed by atoms with van der Waals surface area (Å²) in [5.41, 5.74) is 2.22. The molecular weight excluding hydrogens is 422 g/mol. The Labute approximate surface area is 190 Å². The van der Waals surface area contributed by atoms with Gasteiger partial charge in [-0.3, -0.25) is 9.36 Å². The van der Waals surface area contributed by atoms with Crippen LogP contribution in [0.3, 0.4) is 0 Å². The summed E-state index contributed by atoms with van der Waals surface area (Å²) in [5, 5.41) is 31.2. The van der Waals surface area contributed by atoms with Gasteiger partial charge in [0.25, 0.3) is 0 Å². The molecule has 3 aromatic carbocycles. The van der Waals surface area contributed by atoms with Gasteiger partial charge < -0.3 is 24.8 Å². The number of aromatic nitrogens is 1. The van der Waals surface area contributed by atoms with Crippen molar-refractivity contribution in [3.05, 3.63) is 89.5 Å². The molecule has 0 radical (unpaired) electrons. The lowest BCUT2D eigenvalue weighted by Crippen LogP contribution is -2.06. The fourth-order valence-corrected chi connectivity index (χ4v) is 3.75. The molecule has 0 aliphatic heterocycles. The van der Waals surface area contributed by atoms with Gasteiger partial charge in [0.2, 0.25) is 5.88 Å². The van der Waals surface area contributed by atoms with Crippen molar-refractivity contribution in [1.82, 2.24) is 4.57 Å². The lowest BCUT2D eigenvalue weighted by Gasteiger charge is -2.15. The van der Waals surface area contributed by atoms with Gasteiger partial charge in [0, 0.05) is 16.8 Å². The van der Waals surface area contributed by atoms with E-state index >= 15 is 0 Å². The fraction of sp³-hybridized carbons (Fsp3) is 0.115. The maximum Gasteiger partial charge on any atom is 0.240 e. The zero-order valence-electron chi connectivity index (χ0n) is 18.1. The van der Waals surface area contributed by atoms with E-state index in [0.29, 0.717) is 33.9 Å². The number of hydrogen-bond acceptors (Lipinski definition) is 6. The molecule has 1 heterocycles. The third-order valence-electron chi connectivity index (χ3n) is 5.44. The van der Waals surface area contributed by atoms with Crippen molar-refractivity contribution >= 4 is 5.78 Å². The van der Waals surface area contributed by atoms with Crippen molar-refractivity contribution in [3.63, 3.8) is 0 Å². The van der Waals surface area contributed by atoms with Crippen molar-refractivity contribution in [3.8, 4) is 40.1 Å². The summed E-state index contributed by atoms with van der Waals surface area (Å²) in [7, 11) is 3.04. The number of ketones is 1. The van der Waals surface area contributed by atoms with Gasteiger partial charge in [-0.1, -0.05) is 24.3 Å². The van der Waals surface area contributed by atoms with Gasteiger partial charge in [0.1, 0.15) is 11.5 Å². The Morgan fingerprint density at radius 1 is 0.879 bits per heavy atom. The highest BCUT2D eigenvalue weighted by molar-refractivity contribution is 6.15. The molecule has 0 saturated carbocycles. The molecule has 168 valence electrons. The minimum absolute atomic E-state index is 0.0617. The molecule has 0 saturated heterocycles. The molecule has 0 fully saturated rings. The van der Waals surface area contributed by atoms with Crippen LogP contribution in [0.1, 0.15) is 21.5 Å². The summed E-state index contributed by atoms with van der Waals surface area (Å²) in [5.74, 6) is -0.443. The molecule has 0 amide bonds. The summed E-state index contributed by atoms with van der Waals surface area (Å²) in [4.78, 5) is 13.6. The largest absolute Gasteiger partial charge is 0.503 e. The Morgan fingerprint density at radius 3 is 2.15 bits per heavy atom. The summed E-state index contributed by atoms with van der Waals surface area (Å²) in [6.07, 6.45) is 0. The highest BCUT2D eigenvalue weighted by Crippen LogP contribution is 2.46. The van der Waals surface area contributed by atoms with Crippen LogP contribution in [0, 0.1) is 0 Å². The standard InChI is InChI=1S/C26H23NO6/c1-32-19-13-9-17(10-14-19)24(29)22-23(20-5-3-4-6-21(20)33-2)27(26(31)25(22)30)18-11-7-16(15-28)8-12-18/h3-14,28,30-31H,15H2,1-2H3. The number of aliphatic hydroxyl groups excluding tert-OH is 1. The minimum Gasteiger partial charge on any atom is -0.503 e. The van der Waals surface area contributed by atoms with Crippen molar-refractivity contribution in [2.45, 2.75) is 6.61 Å². The minimum atomic E-state index is -0.539. The number of benzene rings is 3. The maximum atomic E-state index is 13.6. The monoisotopic (exact) mass is 445 g/mol. The molecule has 7 heteroatoms. The maximum absolute atomic E-state index is 13.6. The number of carbonyl (C=O) groups excluding carboxylic acids is 1. The second-order valence-electron chi connectivity index (χ2n) is 7.31. The number of aromatic hydroxyl groups is 2. The van der Waals surface area contributed by atoms with Crippen LogP contribution in [-0.4, -0.2) is 39.9 Å².